The minimum atomic E-state index is 0.536. The van der Waals surface area contributed by atoms with Crippen molar-refractivity contribution in [2.45, 2.75) is 39.7 Å². The number of nitrogens with zero attached hydrogens (tertiary/aromatic N) is 2. The first kappa shape index (κ1) is 13.0. The first-order chi connectivity index (χ1) is 7.60. The lowest BCUT2D eigenvalue weighted by atomic mass is 10.1. The van der Waals surface area contributed by atoms with Crippen LogP contribution in [0.15, 0.2) is 0 Å². The predicted octanol–water partition coefficient (Wildman–Crippen LogP) is 1.67. The van der Waals surface area contributed by atoms with Gasteiger partial charge in [-0.3, -0.25) is 0 Å². The van der Waals surface area contributed by atoms with Crippen LogP contribution in [0.4, 0.5) is 0 Å². The second-order valence-corrected chi connectivity index (χ2v) is 4.19. The largest absolute Gasteiger partial charge is 0.481 e. The van der Waals surface area contributed by atoms with E-state index in [1.165, 1.54) is 5.56 Å². The molecule has 0 aliphatic carbocycles. The molecule has 0 saturated carbocycles. The standard InChI is InChI=1S/C12H23N3O/c1-6-13-9(2)7-8-11-10(3)14-15(4)12(11)16-5/h9,13H,6-8H2,1-5H3. The number of hydrogen-bond donors (Lipinski definition) is 1. The molecule has 1 N–H and O–H groups in total. The summed E-state index contributed by atoms with van der Waals surface area (Å²) in [6.07, 6.45) is 2.12. The minimum Gasteiger partial charge on any atom is -0.481 e. The Hall–Kier alpha value is -1.03. The molecular weight excluding hydrogens is 202 g/mol. The summed E-state index contributed by atoms with van der Waals surface area (Å²) in [5.41, 5.74) is 2.30. The van der Waals surface area contributed by atoms with Gasteiger partial charge >= 0.3 is 0 Å². The van der Waals surface area contributed by atoms with Gasteiger partial charge in [0.15, 0.2) is 0 Å². The third kappa shape index (κ3) is 2.98. The number of aromatic nitrogens is 2. The fourth-order valence-electron chi connectivity index (χ4n) is 2.04. The van der Waals surface area contributed by atoms with Crippen LogP contribution in [0.2, 0.25) is 0 Å². The Kier molecular flexibility index (Phi) is 4.80. The van der Waals surface area contributed by atoms with E-state index in [2.05, 4.69) is 24.3 Å². The molecule has 0 spiro atoms. The van der Waals surface area contributed by atoms with Crippen molar-refractivity contribution in [1.82, 2.24) is 15.1 Å². The molecule has 0 aliphatic rings. The molecule has 1 atom stereocenters. The van der Waals surface area contributed by atoms with E-state index in [1.807, 2.05) is 18.7 Å². The van der Waals surface area contributed by atoms with Crippen LogP contribution in [-0.4, -0.2) is 29.5 Å². The molecule has 0 fully saturated rings. The van der Waals surface area contributed by atoms with Gasteiger partial charge < -0.3 is 10.1 Å². The highest BCUT2D eigenvalue weighted by atomic mass is 16.5. The summed E-state index contributed by atoms with van der Waals surface area (Å²) < 4.78 is 7.18. The zero-order valence-electron chi connectivity index (χ0n) is 11.0. The van der Waals surface area contributed by atoms with E-state index >= 15 is 0 Å². The average molecular weight is 225 g/mol. The van der Waals surface area contributed by atoms with E-state index < -0.39 is 0 Å². The number of aryl methyl sites for hydroxylation is 2. The van der Waals surface area contributed by atoms with Crippen molar-refractivity contribution in [1.29, 1.82) is 0 Å². The maximum Gasteiger partial charge on any atom is 0.214 e. The molecule has 0 aliphatic heterocycles. The lowest BCUT2D eigenvalue weighted by Gasteiger charge is -2.12. The molecule has 0 saturated heterocycles. The van der Waals surface area contributed by atoms with Crippen molar-refractivity contribution in [3.63, 3.8) is 0 Å². The molecule has 0 bridgehead atoms. The van der Waals surface area contributed by atoms with Crippen LogP contribution in [0, 0.1) is 6.92 Å². The SMILES string of the molecule is CCNC(C)CCc1c(C)nn(C)c1OC. The zero-order valence-corrected chi connectivity index (χ0v) is 11.0. The molecule has 1 rings (SSSR count). The molecule has 4 nitrogen and oxygen atoms in total. The summed E-state index contributed by atoms with van der Waals surface area (Å²) in [4.78, 5) is 0. The Labute approximate surface area is 98.0 Å². The second kappa shape index (κ2) is 5.89. The zero-order chi connectivity index (χ0) is 12.1. The van der Waals surface area contributed by atoms with Gasteiger partial charge in [0.1, 0.15) is 0 Å². The van der Waals surface area contributed by atoms with Gasteiger partial charge in [-0.15, -0.1) is 0 Å². The van der Waals surface area contributed by atoms with Crippen molar-refractivity contribution in [2.24, 2.45) is 7.05 Å². The van der Waals surface area contributed by atoms with Gasteiger partial charge in [-0.25, -0.2) is 4.68 Å². The monoisotopic (exact) mass is 225 g/mol. The van der Waals surface area contributed by atoms with Crippen LogP contribution < -0.4 is 10.1 Å². The van der Waals surface area contributed by atoms with Gasteiger partial charge in [0, 0.05) is 18.7 Å². The van der Waals surface area contributed by atoms with Crippen molar-refractivity contribution < 1.29 is 4.74 Å². The van der Waals surface area contributed by atoms with Crippen molar-refractivity contribution in [3.8, 4) is 5.88 Å². The third-order valence-corrected chi connectivity index (χ3v) is 2.86. The van der Waals surface area contributed by atoms with E-state index in [0.717, 1.165) is 31.0 Å². The number of methoxy groups -OCH3 is 1. The van der Waals surface area contributed by atoms with E-state index in [-0.39, 0.29) is 0 Å². The Bertz CT molecular complexity index is 333. The topological polar surface area (TPSA) is 39.1 Å². The van der Waals surface area contributed by atoms with Gasteiger partial charge in [0.05, 0.1) is 12.8 Å². The molecule has 0 amide bonds. The Morgan fingerprint density at radius 3 is 2.75 bits per heavy atom. The molecule has 0 radical (unpaired) electrons. The molecule has 1 aromatic heterocycles. The van der Waals surface area contributed by atoms with Gasteiger partial charge in [0.25, 0.3) is 0 Å². The third-order valence-electron chi connectivity index (χ3n) is 2.86. The molecule has 1 heterocycles. The van der Waals surface area contributed by atoms with Crippen LogP contribution in [0.25, 0.3) is 0 Å². The number of rotatable bonds is 6. The minimum absolute atomic E-state index is 0.536. The number of ether oxygens (including phenoxy) is 1. The van der Waals surface area contributed by atoms with E-state index in [0.29, 0.717) is 6.04 Å². The summed E-state index contributed by atoms with van der Waals surface area (Å²) in [5.74, 6) is 0.890. The highest BCUT2D eigenvalue weighted by Gasteiger charge is 2.14. The van der Waals surface area contributed by atoms with E-state index in [9.17, 15) is 0 Å². The Morgan fingerprint density at radius 2 is 2.19 bits per heavy atom. The van der Waals surface area contributed by atoms with Crippen LogP contribution in [-0.2, 0) is 13.5 Å². The van der Waals surface area contributed by atoms with Crippen LogP contribution in [0.3, 0.4) is 0 Å². The van der Waals surface area contributed by atoms with Gasteiger partial charge in [0.2, 0.25) is 5.88 Å². The Morgan fingerprint density at radius 1 is 1.50 bits per heavy atom. The highest BCUT2D eigenvalue weighted by molar-refractivity contribution is 5.31. The van der Waals surface area contributed by atoms with Crippen molar-refractivity contribution >= 4 is 0 Å². The molecule has 1 aromatic rings. The highest BCUT2D eigenvalue weighted by Crippen LogP contribution is 2.22. The average Bonchev–Trinajstić information content (AvgIpc) is 2.50. The summed E-state index contributed by atoms with van der Waals surface area (Å²) in [7, 11) is 3.62. The van der Waals surface area contributed by atoms with Crippen molar-refractivity contribution in [2.75, 3.05) is 13.7 Å². The summed E-state index contributed by atoms with van der Waals surface area (Å²) in [6.45, 7) is 7.40. The van der Waals surface area contributed by atoms with Crippen molar-refractivity contribution in [3.05, 3.63) is 11.3 Å². The van der Waals surface area contributed by atoms with Crippen LogP contribution in [0.1, 0.15) is 31.5 Å². The fourth-order valence-corrected chi connectivity index (χ4v) is 2.04. The van der Waals surface area contributed by atoms with Gasteiger partial charge in [-0.1, -0.05) is 6.92 Å². The second-order valence-electron chi connectivity index (χ2n) is 4.19. The smallest absolute Gasteiger partial charge is 0.214 e. The maximum atomic E-state index is 5.37. The quantitative estimate of drug-likeness (QED) is 0.800. The molecule has 92 valence electrons. The molecular formula is C12H23N3O. The molecule has 1 unspecified atom stereocenters. The normalized spacial score (nSPS) is 12.8. The first-order valence-electron chi connectivity index (χ1n) is 5.90. The van der Waals surface area contributed by atoms with E-state index in [4.69, 9.17) is 4.74 Å². The number of hydrogen-bond acceptors (Lipinski definition) is 3. The predicted molar refractivity (Wildman–Crippen MR) is 66.0 cm³/mol. The van der Waals surface area contributed by atoms with Crippen LogP contribution >= 0.6 is 0 Å². The first-order valence-corrected chi connectivity index (χ1v) is 5.90. The number of nitrogens with one attached hydrogen (secondary N) is 1. The van der Waals surface area contributed by atoms with Gasteiger partial charge in [-0.2, -0.15) is 5.10 Å². The maximum absolute atomic E-state index is 5.37. The molecule has 0 aromatic carbocycles. The lowest BCUT2D eigenvalue weighted by Crippen LogP contribution is -2.25. The Balaban J connectivity index is 2.66. The summed E-state index contributed by atoms with van der Waals surface area (Å²) >= 11 is 0. The molecule has 4 heteroatoms. The van der Waals surface area contributed by atoms with Gasteiger partial charge in [-0.05, 0) is 33.2 Å². The molecule has 16 heavy (non-hydrogen) atoms. The van der Waals surface area contributed by atoms with E-state index in [1.54, 1.807) is 7.11 Å². The summed E-state index contributed by atoms with van der Waals surface area (Å²) in [6, 6.07) is 0.536. The fraction of sp³-hybridized carbons (Fsp3) is 0.750. The summed E-state index contributed by atoms with van der Waals surface area (Å²) in [5, 5.41) is 7.79. The van der Waals surface area contributed by atoms with Crippen LogP contribution in [0.5, 0.6) is 5.88 Å². The lowest BCUT2D eigenvalue weighted by molar-refractivity contribution is 0.368.